The van der Waals surface area contributed by atoms with Gasteiger partial charge in [-0.1, -0.05) is 24.0 Å². The van der Waals surface area contributed by atoms with Gasteiger partial charge in [0.25, 0.3) is 11.8 Å². The van der Waals surface area contributed by atoms with E-state index in [0.717, 1.165) is 4.90 Å². The average molecular weight is 267 g/mol. The standard InChI is InChI=1S/C13H8F3NO2/c14-13(15,16)7-3-4-8-17-11(18)9-5-1-2-6-10(9)12(17)19/h1-2,5-6H,7-8H2. The first-order chi connectivity index (χ1) is 8.90. The molecule has 6 heteroatoms. The number of rotatable bonds is 1. The summed E-state index contributed by atoms with van der Waals surface area (Å²) in [6.07, 6.45) is -5.62. The van der Waals surface area contributed by atoms with Crippen molar-refractivity contribution in [2.45, 2.75) is 12.6 Å². The zero-order valence-electron chi connectivity index (χ0n) is 9.62. The summed E-state index contributed by atoms with van der Waals surface area (Å²) in [6, 6.07) is 6.23. The summed E-state index contributed by atoms with van der Waals surface area (Å²) < 4.78 is 35.6. The number of amides is 2. The van der Waals surface area contributed by atoms with Gasteiger partial charge in [0.15, 0.2) is 0 Å². The zero-order valence-corrected chi connectivity index (χ0v) is 9.62. The van der Waals surface area contributed by atoms with E-state index < -0.39 is 24.4 Å². The number of hydrogen-bond acceptors (Lipinski definition) is 2. The summed E-state index contributed by atoms with van der Waals surface area (Å²) in [7, 11) is 0. The molecular formula is C13H8F3NO2. The van der Waals surface area contributed by atoms with Gasteiger partial charge in [-0.05, 0) is 12.1 Å². The van der Waals surface area contributed by atoms with Gasteiger partial charge in [0.2, 0.25) is 0 Å². The third kappa shape index (κ3) is 2.76. The molecule has 1 aromatic rings. The Morgan fingerprint density at radius 3 is 2.00 bits per heavy atom. The molecule has 0 N–H and O–H groups in total. The molecule has 0 unspecified atom stereocenters. The number of imide groups is 1. The van der Waals surface area contributed by atoms with Gasteiger partial charge in [0.05, 0.1) is 17.7 Å². The quantitative estimate of drug-likeness (QED) is 0.578. The van der Waals surface area contributed by atoms with Gasteiger partial charge in [-0.2, -0.15) is 13.2 Å². The van der Waals surface area contributed by atoms with E-state index in [1.165, 1.54) is 12.1 Å². The Morgan fingerprint density at radius 1 is 1.00 bits per heavy atom. The van der Waals surface area contributed by atoms with Gasteiger partial charge >= 0.3 is 6.18 Å². The molecule has 0 spiro atoms. The highest BCUT2D eigenvalue weighted by Gasteiger charge is 2.34. The van der Waals surface area contributed by atoms with Crippen LogP contribution in [0.4, 0.5) is 13.2 Å². The molecule has 0 radical (unpaired) electrons. The van der Waals surface area contributed by atoms with E-state index in [4.69, 9.17) is 0 Å². The molecule has 0 saturated heterocycles. The molecule has 1 aliphatic rings. The SMILES string of the molecule is O=C1c2ccccc2C(=O)N1CC#CCC(F)(F)F. The maximum Gasteiger partial charge on any atom is 0.399 e. The third-order valence-corrected chi connectivity index (χ3v) is 2.53. The molecule has 3 nitrogen and oxygen atoms in total. The van der Waals surface area contributed by atoms with Crippen LogP contribution in [0.3, 0.4) is 0 Å². The van der Waals surface area contributed by atoms with E-state index in [9.17, 15) is 22.8 Å². The lowest BCUT2D eigenvalue weighted by Crippen LogP contribution is -2.30. The number of benzene rings is 1. The number of halogens is 3. The summed E-state index contributed by atoms with van der Waals surface area (Å²) in [5, 5.41) is 0. The minimum absolute atomic E-state index is 0.255. The number of fused-ring (bicyclic) bond motifs is 1. The molecule has 1 aromatic carbocycles. The van der Waals surface area contributed by atoms with Crippen molar-refractivity contribution in [2.24, 2.45) is 0 Å². The fraction of sp³-hybridized carbons (Fsp3) is 0.231. The molecule has 0 fully saturated rings. The minimum Gasteiger partial charge on any atom is -0.269 e. The minimum atomic E-state index is -4.37. The number of hydrogen-bond donors (Lipinski definition) is 0. The molecular weight excluding hydrogens is 259 g/mol. The Hall–Kier alpha value is -2.29. The van der Waals surface area contributed by atoms with Crippen molar-refractivity contribution in [1.82, 2.24) is 4.90 Å². The molecule has 98 valence electrons. The van der Waals surface area contributed by atoms with Gasteiger partial charge in [-0.25, -0.2) is 0 Å². The Labute approximate surface area is 107 Å². The van der Waals surface area contributed by atoms with Gasteiger partial charge in [0, 0.05) is 0 Å². The maximum atomic E-state index is 11.9. The predicted molar refractivity (Wildman–Crippen MR) is 60.3 cm³/mol. The van der Waals surface area contributed by atoms with Crippen LogP contribution in [0, 0.1) is 11.8 Å². The van der Waals surface area contributed by atoms with Crippen molar-refractivity contribution in [2.75, 3.05) is 6.54 Å². The van der Waals surface area contributed by atoms with Crippen molar-refractivity contribution in [3.05, 3.63) is 35.4 Å². The lowest BCUT2D eigenvalue weighted by atomic mass is 10.1. The monoisotopic (exact) mass is 267 g/mol. The second-order valence-electron chi connectivity index (χ2n) is 3.89. The molecule has 0 aliphatic carbocycles. The molecule has 0 aromatic heterocycles. The Balaban J connectivity index is 2.09. The van der Waals surface area contributed by atoms with Crippen molar-refractivity contribution < 1.29 is 22.8 Å². The van der Waals surface area contributed by atoms with Crippen LogP contribution in [0.1, 0.15) is 27.1 Å². The second kappa shape index (κ2) is 4.76. The summed E-state index contributed by atoms with van der Waals surface area (Å²) in [6.45, 7) is -0.331. The van der Waals surface area contributed by atoms with Crippen LogP contribution in [0.15, 0.2) is 24.3 Å². The Morgan fingerprint density at radius 2 is 1.53 bits per heavy atom. The molecule has 0 bridgehead atoms. The molecule has 0 atom stereocenters. The first kappa shape index (κ1) is 13.1. The summed E-state index contributed by atoms with van der Waals surface area (Å²) >= 11 is 0. The molecule has 2 rings (SSSR count). The fourth-order valence-electron chi connectivity index (χ4n) is 1.68. The number of nitrogens with zero attached hydrogens (tertiary/aromatic N) is 1. The maximum absolute atomic E-state index is 11.9. The summed E-state index contributed by atoms with van der Waals surface area (Å²) in [4.78, 5) is 24.5. The van der Waals surface area contributed by atoms with Gasteiger partial charge < -0.3 is 0 Å². The van der Waals surface area contributed by atoms with Gasteiger partial charge in [-0.15, -0.1) is 0 Å². The van der Waals surface area contributed by atoms with Crippen LogP contribution in [-0.2, 0) is 0 Å². The van der Waals surface area contributed by atoms with Crippen LogP contribution in [0.2, 0.25) is 0 Å². The smallest absolute Gasteiger partial charge is 0.269 e. The van der Waals surface area contributed by atoms with Crippen LogP contribution >= 0.6 is 0 Å². The topological polar surface area (TPSA) is 37.4 Å². The highest BCUT2D eigenvalue weighted by Crippen LogP contribution is 2.22. The first-order valence-electron chi connectivity index (χ1n) is 5.38. The van der Waals surface area contributed by atoms with Gasteiger partial charge in [-0.3, -0.25) is 14.5 Å². The van der Waals surface area contributed by atoms with Crippen LogP contribution in [0.25, 0.3) is 0 Å². The van der Waals surface area contributed by atoms with Gasteiger partial charge in [0.1, 0.15) is 6.42 Å². The fourth-order valence-corrected chi connectivity index (χ4v) is 1.68. The van der Waals surface area contributed by atoms with E-state index in [-0.39, 0.29) is 17.7 Å². The normalized spacial score (nSPS) is 14.2. The van der Waals surface area contributed by atoms with Crippen molar-refractivity contribution in [3.63, 3.8) is 0 Å². The number of carbonyl (C=O) groups excluding carboxylic acids is 2. The number of carbonyl (C=O) groups is 2. The number of alkyl halides is 3. The molecule has 2 amide bonds. The molecule has 1 aliphatic heterocycles. The average Bonchev–Trinajstić information content (AvgIpc) is 2.58. The Bertz CT molecular complexity index is 561. The predicted octanol–water partition coefficient (Wildman–Crippen LogP) is 2.24. The lowest BCUT2D eigenvalue weighted by molar-refractivity contribution is -0.123. The zero-order chi connectivity index (χ0) is 14.0. The van der Waals surface area contributed by atoms with E-state index in [1.807, 2.05) is 5.92 Å². The molecule has 19 heavy (non-hydrogen) atoms. The van der Waals surface area contributed by atoms with Crippen LogP contribution < -0.4 is 0 Å². The summed E-state index contributed by atoms with van der Waals surface area (Å²) in [5.74, 6) is 3.04. The highest BCUT2D eigenvalue weighted by molar-refractivity contribution is 6.21. The summed E-state index contributed by atoms with van der Waals surface area (Å²) in [5.41, 5.74) is 0.509. The Kier molecular flexibility index (Phi) is 3.30. The largest absolute Gasteiger partial charge is 0.399 e. The van der Waals surface area contributed by atoms with Crippen molar-refractivity contribution >= 4 is 11.8 Å². The van der Waals surface area contributed by atoms with E-state index >= 15 is 0 Å². The third-order valence-electron chi connectivity index (χ3n) is 2.53. The van der Waals surface area contributed by atoms with Crippen molar-refractivity contribution in [1.29, 1.82) is 0 Å². The second-order valence-corrected chi connectivity index (χ2v) is 3.89. The van der Waals surface area contributed by atoms with E-state index in [0.29, 0.717) is 0 Å². The van der Waals surface area contributed by atoms with Crippen molar-refractivity contribution in [3.8, 4) is 11.8 Å². The highest BCUT2D eigenvalue weighted by atomic mass is 19.4. The molecule has 1 heterocycles. The van der Waals surface area contributed by atoms with Crippen LogP contribution in [-0.4, -0.2) is 29.4 Å². The molecule has 0 saturated carbocycles. The lowest BCUT2D eigenvalue weighted by Gasteiger charge is -2.08. The first-order valence-corrected chi connectivity index (χ1v) is 5.38. The van der Waals surface area contributed by atoms with E-state index in [1.54, 1.807) is 12.1 Å². The van der Waals surface area contributed by atoms with E-state index in [2.05, 4.69) is 5.92 Å². The van der Waals surface area contributed by atoms with Crippen LogP contribution in [0.5, 0.6) is 0 Å².